The van der Waals surface area contributed by atoms with Gasteiger partial charge in [0.25, 0.3) is 7.82 Å². The number of sulfone groups is 1. The van der Waals surface area contributed by atoms with Gasteiger partial charge < -0.3 is 132 Å². The van der Waals surface area contributed by atoms with Gasteiger partial charge in [0.1, 0.15) is 46.5 Å². The number of fused-ring (bicyclic) bond motifs is 7. The zero-order valence-corrected chi connectivity index (χ0v) is 69.4. The van der Waals surface area contributed by atoms with E-state index in [9.17, 15) is 76.7 Å². The van der Waals surface area contributed by atoms with E-state index >= 15 is 0 Å². The summed E-state index contributed by atoms with van der Waals surface area (Å²) in [6.45, 7) is 23.0. The van der Waals surface area contributed by atoms with Gasteiger partial charge in [0.2, 0.25) is 41.4 Å². The van der Waals surface area contributed by atoms with Gasteiger partial charge in [-0.15, -0.1) is 0 Å². The first kappa shape index (κ1) is 99.5. The molecule has 0 spiro atoms. The first-order valence-electron chi connectivity index (χ1n) is 36.7. The van der Waals surface area contributed by atoms with Crippen LogP contribution in [0.15, 0.2) is 67.8 Å². The van der Waals surface area contributed by atoms with Gasteiger partial charge in [0, 0.05) is 121 Å². The van der Waals surface area contributed by atoms with Crippen molar-refractivity contribution < 1.29 is 127 Å². The summed E-state index contributed by atoms with van der Waals surface area (Å²) in [6.07, 6.45) is -7.32. The van der Waals surface area contributed by atoms with Crippen LogP contribution >= 0.6 is 7.82 Å². The first-order chi connectivity index (χ1) is 52.7. The summed E-state index contributed by atoms with van der Waals surface area (Å²) < 4.78 is 55.8. The van der Waals surface area contributed by atoms with E-state index < -0.39 is 196 Å². The number of benzene rings is 1. The second-order valence-corrected chi connectivity index (χ2v) is 35.1. The predicted molar refractivity (Wildman–Crippen MR) is 412 cm³/mol. The van der Waals surface area contributed by atoms with Crippen LogP contribution in [0, 0.1) is 71.0 Å². The molecule has 0 radical (unpaired) electrons. The molecule has 1 aromatic carbocycles. The summed E-state index contributed by atoms with van der Waals surface area (Å²) in [5.74, 6) is -8.37. The number of aliphatic hydroxyl groups is 6. The fraction of sp³-hybridized carbons (Fsp3) is 0.658. The largest absolute Gasteiger partial charge is 3.00 e. The van der Waals surface area contributed by atoms with Crippen molar-refractivity contribution in [1.29, 1.82) is 5.26 Å². The van der Waals surface area contributed by atoms with Crippen LogP contribution in [0.1, 0.15) is 150 Å². The molecule has 3 fully saturated rings. The first-order valence-corrected chi connectivity index (χ1v) is 40.5. The SMILES string of the molecule is C/C1=C2/[N-][C@H]([C@H](CC(N)=O)[C@@]2(C)CCC(=O)NC[C@H](C)OP(=O)([O-])O[C@H]2[C@@H](O)[C@@H](n3cnc4cc(C)c(C)cc43)O[C@@H]2CO)[C@]2(C)N=C(/C(C)=C3N=C(/C=C4N=C1[C@@H](CCC(N)=O)C\4(C)C)[C@@H](CCC(N)=O)[C@]\3(C)CC(N)=O)[C@@H](CCC(N)=O)[C@]2(C)CC(N)=O.CS(C)(=O)=O.NCC(=O)O.N[C@H]1C(O)O[C@H](CO)[C@@H](O)[C@@H]1O.[C-]#N.[Co+3]. The number of nitrogens with one attached hydrogen (secondary N) is 1. The minimum atomic E-state index is -5.32. The van der Waals surface area contributed by atoms with Crippen molar-refractivity contribution in [2.24, 2.45) is 106 Å². The number of ether oxygens (including phenoxy) is 2. The smallest absolute Gasteiger partial charge is 0.756 e. The van der Waals surface area contributed by atoms with Crippen molar-refractivity contribution in [2.75, 3.05) is 38.8 Å². The number of hydrogen-bond acceptors (Lipinski definition) is 29. The Morgan fingerprint density at radius 3 is 1.79 bits per heavy atom. The fourth-order valence-electron chi connectivity index (χ4n) is 16.4. The Labute approximate surface area is 677 Å². The predicted octanol–water partition coefficient (Wildman–Crippen LogP) is -1.16. The Kier molecular flexibility index (Phi) is 34.7. The minimum Gasteiger partial charge on any atom is -0.756 e. The Bertz CT molecular complexity index is 4330. The normalized spacial score (nSPS) is 32.8. The van der Waals surface area contributed by atoms with E-state index in [2.05, 4.69) is 16.0 Å². The number of primary amides is 6. The number of nitrogens with zero attached hydrogens (tertiary/aromatic N) is 7. The number of hydrogen-bond donors (Lipinski definition) is 16. The molecule has 24 N–H and O–H groups in total. The molecule has 115 heavy (non-hydrogen) atoms. The molecule has 39 nitrogen and oxygen atoms in total. The number of amides is 7. The van der Waals surface area contributed by atoms with Gasteiger partial charge in [0.05, 0.1) is 60.5 Å². The average Bonchev–Trinajstić information content (AvgIpc) is 1.53. The van der Waals surface area contributed by atoms with Crippen LogP contribution in [-0.4, -0.2) is 224 Å². The third-order valence-electron chi connectivity index (χ3n) is 22.6. The molecule has 7 amide bonds. The molecule has 8 heterocycles. The Hall–Kier alpha value is -7.86. The molecule has 42 heteroatoms. The van der Waals surface area contributed by atoms with Crippen molar-refractivity contribution >= 4 is 93.1 Å². The monoisotopic (exact) mass is 1700 g/mol. The Morgan fingerprint density at radius 1 is 0.748 bits per heavy atom. The molecule has 2 aromatic rings. The maximum atomic E-state index is 14.4. The molecular weight excluding hydrogens is 1590 g/mol. The number of phosphoric ester groups is 1. The number of carbonyl (C=O) groups is 8. The van der Waals surface area contributed by atoms with E-state index in [-0.39, 0.29) is 100 Å². The fourth-order valence-corrected chi connectivity index (χ4v) is 17.6. The number of carboxylic acids is 1. The van der Waals surface area contributed by atoms with Crippen LogP contribution in [0.3, 0.4) is 0 Å². The number of aromatic nitrogens is 2. The van der Waals surface area contributed by atoms with Crippen LogP contribution in [0.4, 0.5) is 0 Å². The second-order valence-electron chi connectivity index (χ2n) is 31.5. The van der Waals surface area contributed by atoms with Crippen LogP contribution in [0.5, 0.6) is 0 Å². The number of phosphoric acid groups is 1. The number of carboxylic acid groups (broad SMARTS) is 1. The van der Waals surface area contributed by atoms with E-state index in [4.69, 9.17) is 106 Å². The number of aliphatic carboxylic acids is 1. The zero-order valence-electron chi connectivity index (χ0n) is 66.7. The van der Waals surface area contributed by atoms with Gasteiger partial charge in [-0.1, -0.05) is 40.7 Å². The molecule has 642 valence electrons. The van der Waals surface area contributed by atoms with E-state index in [1.54, 1.807) is 6.92 Å². The molecule has 8 bridgehead atoms. The third kappa shape index (κ3) is 23.1. The molecule has 20 atom stereocenters. The minimum absolute atomic E-state index is 0. The van der Waals surface area contributed by atoms with E-state index in [0.717, 1.165) is 23.6 Å². The summed E-state index contributed by atoms with van der Waals surface area (Å²) in [7, 11) is -7.99. The van der Waals surface area contributed by atoms with Gasteiger partial charge >= 0.3 is 22.7 Å². The van der Waals surface area contributed by atoms with Gasteiger partial charge in [-0.2, -0.15) is 5.70 Å². The molecule has 0 aliphatic carbocycles. The van der Waals surface area contributed by atoms with Crippen molar-refractivity contribution in [3.8, 4) is 0 Å². The number of nitrogens with two attached hydrogens (primary N) is 8. The summed E-state index contributed by atoms with van der Waals surface area (Å²) in [6, 6.07) is 1.62. The Morgan fingerprint density at radius 2 is 1.28 bits per heavy atom. The van der Waals surface area contributed by atoms with Crippen LogP contribution < -0.4 is 56.1 Å². The van der Waals surface area contributed by atoms with Gasteiger partial charge in [-0.3, -0.25) is 57.9 Å². The molecule has 2 unspecified atom stereocenters. The van der Waals surface area contributed by atoms with Crippen molar-refractivity contribution in [2.45, 2.75) is 220 Å². The molecule has 0 saturated carbocycles. The van der Waals surface area contributed by atoms with E-state index in [1.165, 1.54) is 17.8 Å². The molecule has 1 aromatic heterocycles. The Balaban J connectivity index is 0.000000962. The maximum Gasteiger partial charge on any atom is 3.00 e. The number of aryl methyl sites for hydroxylation is 2. The number of allylic oxidation sites excluding steroid dienone is 6. The number of rotatable bonds is 28. The summed E-state index contributed by atoms with van der Waals surface area (Å²) in [5.41, 5.74) is 46.5. The van der Waals surface area contributed by atoms with Gasteiger partial charge in [-0.05, 0) is 119 Å². The van der Waals surface area contributed by atoms with Gasteiger partial charge in [0.15, 0.2) is 12.5 Å². The molecule has 9 rings (SSSR count). The molecule has 7 aliphatic rings. The number of aliphatic hydroxyl groups excluding tert-OH is 6. The third-order valence-corrected chi connectivity index (χ3v) is 23.7. The summed E-state index contributed by atoms with van der Waals surface area (Å²) >= 11 is 0. The van der Waals surface area contributed by atoms with Crippen LogP contribution in [-0.2, 0) is 88.1 Å². The average molecular weight is 1700 g/mol. The molecule has 3 saturated heterocycles. The summed E-state index contributed by atoms with van der Waals surface area (Å²) in [5, 5.41) is 80.0. The van der Waals surface area contributed by atoms with Crippen molar-refractivity contribution in [3.63, 3.8) is 0 Å². The second kappa shape index (κ2) is 40.1. The molecule has 7 aliphatic heterocycles. The number of imidazole rings is 1. The number of aliphatic imine (C=N–C) groups is 3. The van der Waals surface area contributed by atoms with Gasteiger partial charge in [-0.25, -0.2) is 13.4 Å². The standard InChI is InChI=1S/C62H90N13O14P.C6H13NO5.C2H5NO2.C2H6O2S.CN.Co/c1-29-20-39-40(21-30(29)2)75(28-70-39)57-52(84)53(41(27-76)87-57)89-90(85,86)88-31(3)26-69-49(83)18-19-59(8)37(22-46(66)80)56-62(11)61(10,25-48(68)82)36(14-17-45(65)79)51(74-62)33(5)55-60(9,24-47(67)81)34(12-15-43(63)77)38(71-55)23-42-58(6,7)35(13-16-44(64)78)50(72-42)32(4)54(59)73-56;7-3-5(10)4(9)2(1-8)12-6(3)11;3-1-2(4)5;1-5(2,3)4;1-2;/h20-21,23,28,31,34-37,41,52-53,56-57,76,84H,12-19,22,24-27H2,1-11H3,(H15,63,64,65,66,67,68,69,71,72,73,74,77,78,79,80,81,82,83,85,86);2-6,8-11H,1,7H2;1,3H2,(H,4,5);1-2H3;;/q;;;;-1;+3/p-2/t31-,34+,35+,36+,37-,41+,52+,53+,56+,57-,59+,60-,61-,62-;2-,3-,4-,5-,6?;;;;/m01..../s1. The number of carbonyl (C=O) groups excluding carboxylic acids is 7. The maximum absolute atomic E-state index is 14.4. The molecular formula is C73H112CoN16O23PS. The van der Waals surface area contributed by atoms with Crippen LogP contribution in [0.25, 0.3) is 16.4 Å². The van der Waals surface area contributed by atoms with E-state index in [1.807, 2.05) is 80.5 Å². The topological polar surface area (TPSA) is 702 Å². The van der Waals surface area contributed by atoms with E-state index in [0.29, 0.717) is 56.4 Å². The summed E-state index contributed by atoms with van der Waals surface area (Å²) in [4.78, 5) is 137. The van der Waals surface area contributed by atoms with Crippen LogP contribution in [0.2, 0.25) is 0 Å². The van der Waals surface area contributed by atoms with Crippen molar-refractivity contribution in [3.05, 3.63) is 75.8 Å². The quantitative estimate of drug-likeness (QED) is 0.0353. The van der Waals surface area contributed by atoms with Crippen molar-refractivity contribution in [1.82, 2.24) is 14.9 Å². The zero-order chi connectivity index (χ0) is 86.8.